The molecule has 0 unspecified atom stereocenters. The molecule has 0 atom stereocenters. The Morgan fingerprint density at radius 1 is 1.10 bits per heavy atom. The van der Waals surface area contributed by atoms with E-state index in [2.05, 4.69) is 12.3 Å². The third-order valence-electron chi connectivity index (χ3n) is 5.00. The minimum atomic E-state index is -0.308. The average Bonchev–Trinajstić information content (AvgIpc) is 3.00. The second-order valence-corrected chi connectivity index (χ2v) is 10.4. The molecule has 1 N–H and O–H groups in total. The smallest absolute Gasteiger partial charge is 0.195 e. The highest BCUT2D eigenvalue weighted by Gasteiger charge is 2.29. The van der Waals surface area contributed by atoms with Gasteiger partial charge in [0.1, 0.15) is 11.2 Å². The molecule has 0 fully saturated rings. The van der Waals surface area contributed by atoms with Crippen molar-refractivity contribution in [3.63, 3.8) is 0 Å². The molecule has 1 aromatic carbocycles. The van der Waals surface area contributed by atoms with Crippen molar-refractivity contribution in [2.45, 2.75) is 83.6 Å². The number of nitriles is 1. The van der Waals surface area contributed by atoms with Crippen LogP contribution >= 0.6 is 11.8 Å². The fraction of sp³-hybridized carbons (Fsp3) is 0.500. The lowest BCUT2D eigenvalue weighted by atomic mass is 9.78. The Hall–Kier alpha value is -2.19. The first-order valence-corrected chi connectivity index (χ1v) is 10.9. The molecule has 0 aliphatic rings. The Labute approximate surface area is 178 Å². The maximum Gasteiger partial charge on any atom is 0.195 e. The van der Waals surface area contributed by atoms with Crippen LogP contribution in [0.3, 0.4) is 0 Å². The third kappa shape index (κ3) is 5.25. The fourth-order valence-corrected chi connectivity index (χ4v) is 3.86. The number of aromatic nitrogens is 1. The van der Waals surface area contributed by atoms with Crippen LogP contribution in [-0.2, 0) is 17.4 Å². The van der Waals surface area contributed by atoms with Crippen molar-refractivity contribution in [3.8, 4) is 11.2 Å². The van der Waals surface area contributed by atoms with Gasteiger partial charge in [0, 0.05) is 35.6 Å². The Kier molecular flexibility index (Phi) is 6.90. The largest absolute Gasteiger partial charge is 0.507 e. The number of aromatic hydroxyl groups is 1. The summed E-state index contributed by atoms with van der Waals surface area (Å²) in [6.45, 7) is 15.1. The summed E-state index contributed by atoms with van der Waals surface area (Å²) in [5.41, 5.74) is 1.99. The van der Waals surface area contributed by atoms with E-state index in [1.165, 1.54) is 0 Å². The van der Waals surface area contributed by atoms with Crippen LogP contribution in [0.5, 0.6) is 5.75 Å². The van der Waals surface area contributed by atoms with Crippen molar-refractivity contribution in [1.82, 2.24) is 4.57 Å². The van der Waals surface area contributed by atoms with E-state index in [0.29, 0.717) is 16.0 Å². The number of thioether (sulfide) groups is 1. The van der Waals surface area contributed by atoms with Gasteiger partial charge in [-0.25, -0.2) is 0 Å². The number of carbonyl (C=O) groups is 1. The van der Waals surface area contributed by atoms with Gasteiger partial charge in [0.05, 0.1) is 10.5 Å². The van der Waals surface area contributed by atoms with E-state index in [9.17, 15) is 15.2 Å². The first-order chi connectivity index (χ1) is 13.4. The summed E-state index contributed by atoms with van der Waals surface area (Å²) in [6.07, 6.45) is 5.80. The predicted molar refractivity (Wildman–Crippen MR) is 120 cm³/mol. The molecule has 29 heavy (non-hydrogen) atoms. The molecule has 2 rings (SSSR count). The molecule has 1 aromatic heterocycles. The number of ketones is 1. The summed E-state index contributed by atoms with van der Waals surface area (Å²) >= 11 is 1.02. The van der Waals surface area contributed by atoms with Crippen LogP contribution in [0.25, 0.3) is 0 Å². The van der Waals surface area contributed by atoms with Gasteiger partial charge in [-0.2, -0.15) is 5.26 Å². The predicted octanol–water partition coefficient (Wildman–Crippen LogP) is 6.39. The van der Waals surface area contributed by atoms with Gasteiger partial charge in [-0.3, -0.25) is 4.79 Å². The molecular formula is C24H32N2O2S. The third-order valence-corrected chi connectivity index (χ3v) is 5.64. The number of thiocyanates is 1. The topological polar surface area (TPSA) is 66.0 Å². The second kappa shape index (κ2) is 8.67. The number of rotatable bonds is 6. The molecule has 0 saturated carbocycles. The highest BCUT2D eigenvalue weighted by molar-refractivity contribution is 8.03. The molecule has 0 bridgehead atoms. The van der Waals surface area contributed by atoms with Crippen LogP contribution in [0.15, 0.2) is 29.4 Å². The van der Waals surface area contributed by atoms with Crippen molar-refractivity contribution in [2.75, 3.05) is 0 Å². The second-order valence-electron chi connectivity index (χ2n) is 9.57. The highest BCUT2D eigenvalue weighted by Crippen LogP contribution is 2.40. The monoisotopic (exact) mass is 412 g/mol. The van der Waals surface area contributed by atoms with Crippen LogP contribution in [-0.4, -0.2) is 15.5 Å². The SMILES string of the molecule is CCCCn1cc(SC#N)c(C(=O)c2cc(C(C)(C)C)c(O)c(C(C)(C)C)c2)c1. The number of carbonyl (C=O) groups excluding carboxylic acids is 1. The number of nitrogens with zero attached hydrogens (tertiary/aromatic N) is 2. The summed E-state index contributed by atoms with van der Waals surface area (Å²) in [5.74, 6) is 0.141. The first-order valence-electron chi connectivity index (χ1n) is 10.1. The van der Waals surface area contributed by atoms with E-state index in [1.54, 1.807) is 12.1 Å². The van der Waals surface area contributed by atoms with Crippen LogP contribution in [0, 0.1) is 10.7 Å². The molecule has 0 saturated heterocycles. The first kappa shape index (κ1) is 23.1. The molecule has 4 nitrogen and oxygen atoms in total. The lowest BCUT2D eigenvalue weighted by Gasteiger charge is -2.28. The molecule has 1 heterocycles. The van der Waals surface area contributed by atoms with Gasteiger partial charge in [0.25, 0.3) is 0 Å². The Morgan fingerprint density at radius 2 is 1.66 bits per heavy atom. The van der Waals surface area contributed by atoms with Crippen LogP contribution in [0.4, 0.5) is 0 Å². The van der Waals surface area contributed by atoms with Crippen LogP contribution in [0.1, 0.15) is 88.4 Å². The Balaban J connectivity index is 2.64. The van der Waals surface area contributed by atoms with Crippen LogP contribution in [0.2, 0.25) is 0 Å². The minimum absolute atomic E-state index is 0.117. The van der Waals surface area contributed by atoms with Crippen LogP contribution < -0.4 is 0 Å². The Morgan fingerprint density at radius 3 is 2.10 bits per heavy atom. The number of unbranched alkanes of at least 4 members (excludes halogenated alkanes) is 1. The van der Waals surface area contributed by atoms with E-state index in [-0.39, 0.29) is 22.4 Å². The maximum absolute atomic E-state index is 13.5. The van der Waals surface area contributed by atoms with Gasteiger partial charge in [0.15, 0.2) is 5.78 Å². The zero-order valence-electron chi connectivity index (χ0n) is 18.6. The van der Waals surface area contributed by atoms with E-state index < -0.39 is 0 Å². The molecular weight excluding hydrogens is 380 g/mol. The standard InChI is InChI=1S/C24H32N2O2S/c1-8-9-10-26-13-17(20(14-26)29-15-25)21(27)16-11-18(23(2,3)4)22(28)19(12-16)24(5,6)7/h11-14,28H,8-10H2,1-7H3. The number of benzene rings is 1. The fourth-order valence-electron chi connectivity index (χ4n) is 3.32. The van der Waals surface area contributed by atoms with Gasteiger partial charge in [-0.1, -0.05) is 54.9 Å². The van der Waals surface area contributed by atoms with E-state index in [1.807, 2.05) is 58.5 Å². The number of phenols is 1. The molecule has 0 spiro atoms. The van der Waals surface area contributed by atoms with E-state index >= 15 is 0 Å². The maximum atomic E-state index is 13.5. The normalized spacial score (nSPS) is 12.1. The van der Waals surface area contributed by atoms with Gasteiger partial charge in [-0.05, 0) is 41.1 Å². The van der Waals surface area contributed by atoms with Crippen molar-refractivity contribution < 1.29 is 9.90 Å². The summed E-state index contributed by atoms with van der Waals surface area (Å²) < 4.78 is 1.99. The zero-order chi connectivity index (χ0) is 22.0. The molecule has 0 amide bonds. The average molecular weight is 413 g/mol. The quantitative estimate of drug-likeness (QED) is 0.339. The number of aryl methyl sites for hydroxylation is 1. The lowest BCUT2D eigenvalue weighted by molar-refractivity contribution is 0.103. The molecule has 0 aliphatic carbocycles. The Bertz CT molecular complexity index is 902. The van der Waals surface area contributed by atoms with Crippen molar-refractivity contribution in [1.29, 1.82) is 5.26 Å². The summed E-state index contributed by atoms with van der Waals surface area (Å²) in [7, 11) is 0. The lowest BCUT2D eigenvalue weighted by Crippen LogP contribution is -2.19. The van der Waals surface area contributed by atoms with Crippen molar-refractivity contribution in [2.24, 2.45) is 0 Å². The summed E-state index contributed by atoms with van der Waals surface area (Å²) in [6, 6.07) is 3.61. The summed E-state index contributed by atoms with van der Waals surface area (Å²) in [5, 5.41) is 22.2. The van der Waals surface area contributed by atoms with Gasteiger partial charge < -0.3 is 9.67 Å². The number of hydrogen-bond donors (Lipinski definition) is 1. The van der Waals surface area contributed by atoms with Gasteiger partial charge in [0.2, 0.25) is 0 Å². The van der Waals surface area contributed by atoms with Gasteiger partial charge in [-0.15, -0.1) is 0 Å². The molecule has 0 aliphatic heterocycles. The molecule has 5 heteroatoms. The number of phenolic OH excluding ortho intramolecular Hbond substituents is 1. The van der Waals surface area contributed by atoms with Gasteiger partial charge >= 0.3 is 0 Å². The zero-order valence-corrected chi connectivity index (χ0v) is 19.4. The highest BCUT2D eigenvalue weighted by atomic mass is 32.2. The molecule has 2 aromatic rings. The minimum Gasteiger partial charge on any atom is -0.507 e. The van der Waals surface area contributed by atoms with Crippen molar-refractivity contribution >= 4 is 17.5 Å². The molecule has 156 valence electrons. The van der Waals surface area contributed by atoms with Crippen molar-refractivity contribution in [3.05, 3.63) is 46.8 Å². The summed E-state index contributed by atoms with van der Waals surface area (Å²) in [4.78, 5) is 14.2. The molecule has 0 radical (unpaired) electrons. The van der Waals surface area contributed by atoms with E-state index in [0.717, 1.165) is 42.3 Å². The number of hydrogen-bond acceptors (Lipinski definition) is 4. The van der Waals surface area contributed by atoms with E-state index in [4.69, 9.17) is 0 Å².